The van der Waals surface area contributed by atoms with Gasteiger partial charge < -0.3 is 21.1 Å². The molecule has 1 aromatic carbocycles. The molecule has 1 aliphatic carbocycles. The average molecular weight is 394 g/mol. The van der Waals surface area contributed by atoms with Crippen LogP contribution in [0.4, 0.5) is 5.69 Å². The van der Waals surface area contributed by atoms with E-state index in [9.17, 15) is 0 Å². The zero-order valence-corrected chi connectivity index (χ0v) is 17.6. The Morgan fingerprint density at radius 2 is 2.00 bits per heavy atom. The molecular formula is C23H31N5O. The second kappa shape index (κ2) is 10.3. The van der Waals surface area contributed by atoms with Gasteiger partial charge in [-0.15, -0.1) is 0 Å². The van der Waals surface area contributed by atoms with E-state index in [2.05, 4.69) is 29.7 Å². The van der Waals surface area contributed by atoms with Crippen LogP contribution in [-0.4, -0.2) is 25.7 Å². The zero-order chi connectivity index (χ0) is 21.4. The van der Waals surface area contributed by atoms with Gasteiger partial charge in [-0.1, -0.05) is 37.3 Å². The van der Waals surface area contributed by atoms with Crippen LogP contribution in [0.25, 0.3) is 5.57 Å². The Hall–Kier alpha value is -3.28. The number of para-hydroxylation sites is 1. The van der Waals surface area contributed by atoms with Gasteiger partial charge in [0.15, 0.2) is 0 Å². The number of ether oxygens (including phenoxy) is 1. The van der Waals surface area contributed by atoms with Gasteiger partial charge in [-0.2, -0.15) is 0 Å². The first-order valence-corrected chi connectivity index (χ1v) is 9.78. The molecular weight excluding hydrogens is 362 g/mol. The minimum absolute atomic E-state index is 0.122. The number of methoxy groups -OCH3 is 1. The molecule has 6 N–H and O–H groups in total. The molecule has 0 unspecified atom stereocenters. The van der Waals surface area contributed by atoms with Gasteiger partial charge in [-0.25, -0.2) is 0 Å². The third kappa shape index (κ3) is 5.60. The van der Waals surface area contributed by atoms with Gasteiger partial charge in [0.1, 0.15) is 17.3 Å². The molecule has 1 fully saturated rings. The van der Waals surface area contributed by atoms with Gasteiger partial charge in [0.05, 0.1) is 24.2 Å². The van der Waals surface area contributed by atoms with Crippen molar-refractivity contribution in [2.75, 3.05) is 19.5 Å². The molecule has 1 aliphatic rings. The minimum atomic E-state index is -0.122. The van der Waals surface area contributed by atoms with Crippen LogP contribution in [-0.2, 0) is 0 Å². The first-order chi connectivity index (χ1) is 14.0. The van der Waals surface area contributed by atoms with Crippen molar-refractivity contribution in [1.82, 2.24) is 5.32 Å². The Kier molecular flexibility index (Phi) is 7.83. The van der Waals surface area contributed by atoms with Crippen LogP contribution in [0.3, 0.4) is 0 Å². The predicted molar refractivity (Wildman–Crippen MR) is 123 cm³/mol. The number of rotatable bonds is 10. The van der Waals surface area contributed by atoms with Crippen LogP contribution in [0.2, 0.25) is 0 Å². The monoisotopic (exact) mass is 393 g/mol. The molecule has 29 heavy (non-hydrogen) atoms. The lowest BCUT2D eigenvalue weighted by Crippen LogP contribution is -2.23. The Balaban J connectivity index is 2.48. The number of allylic oxidation sites excluding steroid dienone is 5. The molecule has 2 rings (SSSR count). The third-order valence-electron chi connectivity index (χ3n) is 4.57. The molecule has 154 valence electrons. The molecule has 0 spiro atoms. The Morgan fingerprint density at radius 1 is 1.28 bits per heavy atom. The van der Waals surface area contributed by atoms with E-state index in [4.69, 9.17) is 21.3 Å². The first-order valence-electron chi connectivity index (χ1n) is 9.78. The standard InChI is InChI=1S/C23H31N5O/c1-5-7-9-15(6-2)17-10-8-11-18(23(17)29-4)28-19(14-20(24)25)21(26)22(27-3)16-12-13-16/h6-11,14,26-28H,5,12-13H2,1-4H3,(H3,24,25)/b9-7-,15-6+,19-14+,26-21?. The first kappa shape index (κ1) is 22.0. The van der Waals surface area contributed by atoms with E-state index in [0.29, 0.717) is 17.1 Å². The summed E-state index contributed by atoms with van der Waals surface area (Å²) in [4.78, 5) is 0. The van der Waals surface area contributed by atoms with E-state index < -0.39 is 0 Å². The van der Waals surface area contributed by atoms with E-state index in [1.165, 1.54) is 11.6 Å². The highest BCUT2D eigenvalue weighted by atomic mass is 16.5. The Morgan fingerprint density at radius 3 is 2.52 bits per heavy atom. The fourth-order valence-electron chi connectivity index (χ4n) is 3.07. The largest absolute Gasteiger partial charge is 0.494 e. The summed E-state index contributed by atoms with van der Waals surface area (Å²) in [6, 6.07) is 5.84. The highest BCUT2D eigenvalue weighted by Gasteiger charge is 2.23. The average Bonchev–Trinajstić information content (AvgIpc) is 3.53. The Labute approximate surface area is 173 Å². The summed E-state index contributed by atoms with van der Waals surface area (Å²) in [5.41, 5.74) is 11.0. The summed E-state index contributed by atoms with van der Waals surface area (Å²) >= 11 is 0. The molecule has 0 heterocycles. The van der Waals surface area contributed by atoms with Gasteiger partial charge in [0.2, 0.25) is 0 Å². The maximum absolute atomic E-state index is 8.64. The normalized spacial score (nSPS) is 14.0. The van der Waals surface area contributed by atoms with E-state index in [0.717, 1.165) is 36.1 Å². The molecule has 0 atom stereocenters. The molecule has 6 nitrogen and oxygen atoms in total. The van der Waals surface area contributed by atoms with Gasteiger partial charge in [-0.3, -0.25) is 10.8 Å². The van der Waals surface area contributed by atoms with Gasteiger partial charge in [-0.05, 0) is 43.4 Å². The smallest absolute Gasteiger partial charge is 0.150 e. The van der Waals surface area contributed by atoms with E-state index >= 15 is 0 Å². The van der Waals surface area contributed by atoms with Crippen molar-refractivity contribution in [3.63, 3.8) is 0 Å². The van der Waals surface area contributed by atoms with Crippen molar-refractivity contribution in [1.29, 1.82) is 10.8 Å². The van der Waals surface area contributed by atoms with Gasteiger partial charge >= 0.3 is 0 Å². The summed E-state index contributed by atoms with van der Waals surface area (Å²) in [5.74, 6) is 0.553. The van der Waals surface area contributed by atoms with Crippen LogP contribution < -0.4 is 21.1 Å². The Bertz CT molecular complexity index is 900. The van der Waals surface area contributed by atoms with Crippen LogP contribution in [0, 0.1) is 10.8 Å². The fourth-order valence-corrected chi connectivity index (χ4v) is 3.07. The summed E-state index contributed by atoms with van der Waals surface area (Å²) < 4.78 is 5.72. The lowest BCUT2D eigenvalue weighted by Gasteiger charge is -2.19. The van der Waals surface area contributed by atoms with Crippen molar-refractivity contribution >= 4 is 22.8 Å². The van der Waals surface area contributed by atoms with Crippen molar-refractivity contribution < 1.29 is 4.74 Å². The lowest BCUT2D eigenvalue weighted by atomic mass is 10.0. The number of hydrogen-bond acceptors (Lipinski definition) is 5. The van der Waals surface area contributed by atoms with E-state index in [1.807, 2.05) is 31.2 Å². The van der Waals surface area contributed by atoms with E-state index in [-0.39, 0.29) is 11.5 Å². The number of nitrogens with one attached hydrogen (secondary N) is 4. The minimum Gasteiger partial charge on any atom is -0.494 e. The lowest BCUT2D eigenvalue weighted by molar-refractivity contribution is 0.415. The highest BCUT2D eigenvalue weighted by Crippen LogP contribution is 2.36. The number of amidine groups is 1. The predicted octanol–water partition coefficient (Wildman–Crippen LogP) is 4.58. The number of benzene rings is 1. The van der Waals surface area contributed by atoms with Crippen molar-refractivity contribution in [2.45, 2.75) is 33.1 Å². The molecule has 0 radical (unpaired) electrons. The van der Waals surface area contributed by atoms with Gasteiger partial charge in [0, 0.05) is 18.7 Å². The van der Waals surface area contributed by atoms with Crippen LogP contribution in [0.5, 0.6) is 5.75 Å². The van der Waals surface area contributed by atoms with Gasteiger partial charge in [0.25, 0.3) is 0 Å². The maximum atomic E-state index is 8.64. The molecule has 0 saturated heterocycles. The third-order valence-corrected chi connectivity index (χ3v) is 4.57. The quantitative estimate of drug-likeness (QED) is 0.228. The molecule has 0 bridgehead atoms. The topological polar surface area (TPSA) is 107 Å². The van der Waals surface area contributed by atoms with Crippen LogP contribution in [0.1, 0.15) is 38.7 Å². The maximum Gasteiger partial charge on any atom is 0.150 e. The van der Waals surface area contributed by atoms with E-state index in [1.54, 1.807) is 14.2 Å². The molecule has 0 amide bonds. The molecule has 0 aromatic heterocycles. The molecule has 1 saturated carbocycles. The van der Waals surface area contributed by atoms with Crippen LogP contribution >= 0.6 is 0 Å². The second-order valence-corrected chi connectivity index (χ2v) is 6.68. The SMILES string of the molecule is C/C=C(\C=C/CC)c1cccc(N/C(=C/C(=N)N)C(=N)C(NC)=C2CC2)c1OC. The molecule has 1 aromatic rings. The van der Waals surface area contributed by atoms with Crippen molar-refractivity contribution in [3.05, 3.63) is 65.0 Å². The number of nitrogens with two attached hydrogens (primary N) is 1. The molecule has 0 aliphatic heterocycles. The highest BCUT2D eigenvalue weighted by molar-refractivity contribution is 6.15. The summed E-state index contributed by atoms with van der Waals surface area (Å²) in [7, 11) is 3.44. The summed E-state index contributed by atoms with van der Waals surface area (Å²) in [6.07, 6.45) is 10.6. The molecule has 6 heteroatoms. The fraction of sp³-hybridized carbons (Fsp3) is 0.304. The number of anilines is 1. The zero-order valence-electron chi connectivity index (χ0n) is 17.6. The van der Waals surface area contributed by atoms with Crippen LogP contribution in [0.15, 0.2) is 59.5 Å². The van der Waals surface area contributed by atoms with Crippen molar-refractivity contribution in [2.24, 2.45) is 5.73 Å². The van der Waals surface area contributed by atoms with Crippen molar-refractivity contribution in [3.8, 4) is 5.75 Å². The summed E-state index contributed by atoms with van der Waals surface area (Å²) in [6.45, 7) is 4.09. The second-order valence-electron chi connectivity index (χ2n) is 6.68. The number of hydrogen-bond donors (Lipinski definition) is 5. The summed E-state index contributed by atoms with van der Waals surface area (Å²) in [5, 5.41) is 22.7.